The summed E-state index contributed by atoms with van der Waals surface area (Å²) in [6.45, 7) is 3.63. The van der Waals surface area contributed by atoms with Crippen LogP contribution in [-0.4, -0.2) is 19.6 Å². The van der Waals surface area contributed by atoms with E-state index in [1.165, 1.54) is 18.9 Å². The summed E-state index contributed by atoms with van der Waals surface area (Å²) in [5.41, 5.74) is 0.572. The summed E-state index contributed by atoms with van der Waals surface area (Å²) in [5.74, 6) is 0.470. The van der Waals surface area contributed by atoms with Crippen LogP contribution in [0.5, 0.6) is 0 Å². The van der Waals surface area contributed by atoms with Gasteiger partial charge in [-0.2, -0.15) is 0 Å². The standard InChI is InChI=1S/C13H18ClFN2/c14-12-2-1-3-13(15)11(12)9-17-8-10-4-6-16-7-5-10/h1-3,10,16-17H,4-9H2. The highest BCUT2D eigenvalue weighted by Crippen LogP contribution is 2.19. The maximum atomic E-state index is 13.5. The monoisotopic (exact) mass is 256 g/mol. The van der Waals surface area contributed by atoms with Gasteiger partial charge in [-0.1, -0.05) is 17.7 Å². The fraction of sp³-hybridized carbons (Fsp3) is 0.538. The average Bonchev–Trinajstić information content (AvgIpc) is 2.34. The van der Waals surface area contributed by atoms with Gasteiger partial charge in [0.2, 0.25) is 0 Å². The van der Waals surface area contributed by atoms with Crippen LogP contribution in [-0.2, 0) is 6.54 Å². The van der Waals surface area contributed by atoms with Crippen LogP contribution in [0.3, 0.4) is 0 Å². The van der Waals surface area contributed by atoms with E-state index in [2.05, 4.69) is 10.6 Å². The van der Waals surface area contributed by atoms with Crippen molar-refractivity contribution in [1.82, 2.24) is 10.6 Å². The Bertz CT molecular complexity index is 344. The zero-order valence-corrected chi connectivity index (χ0v) is 10.6. The Morgan fingerprint density at radius 3 is 2.82 bits per heavy atom. The predicted molar refractivity (Wildman–Crippen MR) is 68.7 cm³/mol. The molecule has 94 valence electrons. The van der Waals surface area contributed by atoms with Gasteiger partial charge in [0.15, 0.2) is 0 Å². The molecule has 1 saturated heterocycles. The van der Waals surface area contributed by atoms with Gasteiger partial charge in [-0.3, -0.25) is 0 Å². The fourth-order valence-electron chi connectivity index (χ4n) is 2.19. The number of rotatable bonds is 4. The summed E-state index contributed by atoms with van der Waals surface area (Å²) in [6, 6.07) is 4.81. The Morgan fingerprint density at radius 2 is 2.12 bits per heavy atom. The molecule has 1 fully saturated rings. The van der Waals surface area contributed by atoms with Crippen molar-refractivity contribution in [3.63, 3.8) is 0 Å². The molecule has 1 aliphatic heterocycles. The minimum Gasteiger partial charge on any atom is -0.317 e. The third kappa shape index (κ3) is 3.66. The second-order valence-corrected chi connectivity index (χ2v) is 4.93. The molecule has 17 heavy (non-hydrogen) atoms. The van der Waals surface area contributed by atoms with Crippen molar-refractivity contribution in [3.8, 4) is 0 Å². The molecule has 0 unspecified atom stereocenters. The van der Waals surface area contributed by atoms with Crippen LogP contribution in [0.1, 0.15) is 18.4 Å². The van der Waals surface area contributed by atoms with Crippen molar-refractivity contribution < 1.29 is 4.39 Å². The van der Waals surface area contributed by atoms with E-state index in [1.54, 1.807) is 12.1 Å². The SMILES string of the molecule is Fc1cccc(Cl)c1CNCC1CCNCC1. The first-order valence-corrected chi connectivity index (χ1v) is 6.49. The number of hydrogen-bond donors (Lipinski definition) is 2. The van der Waals surface area contributed by atoms with Crippen LogP contribution < -0.4 is 10.6 Å². The molecule has 2 N–H and O–H groups in total. The summed E-state index contributed by atoms with van der Waals surface area (Å²) in [7, 11) is 0. The molecule has 4 heteroatoms. The number of halogens is 2. The Kier molecular flexibility index (Phi) is 4.77. The zero-order valence-electron chi connectivity index (χ0n) is 9.81. The molecule has 2 rings (SSSR count). The molecule has 0 spiro atoms. The lowest BCUT2D eigenvalue weighted by Gasteiger charge is -2.23. The lowest BCUT2D eigenvalue weighted by atomic mass is 9.98. The molecule has 0 atom stereocenters. The van der Waals surface area contributed by atoms with E-state index >= 15 is 0 Å². The van der Waals surface area contributed by atoms with Gasteiger partial charge in [0, 0.05) is 17.1 Å². The van der Waals surface area contributed by atoms with Gasteiger partial charge >= 0.3 is 0 Å². The smallest absolute Gasteiger partial charge is 0.129 e. The van der Waals surface area contributed by atoms with Crippen LogP contribution in [0.25, 0.3) is 0 Å². The molecule has 0 amide bonds. The minimum atomic E-state index is -0.227. The van der Waals surface area contributed by atoms with Crippen LogP contribution in [0.2, 0.25) is 5.02 Å². The second-order valence-electron chi connectivity index (χ2n) is 4.52. The van der Waals surface area contributed by atoms with E-state index in [0.29, 0.717) is 23.0 Å². The summed E-state index contributed by atoms with van der Waals surface area (Å²) in [6.07, 6.45) is 2.38. The summed E-state index contributed by atoms with van der Waals surface area (Å²) < 4.78 is 13.5. The first kappa shape index (κ1) is 12.8. The minimum absolute atomic E-state index is 0.227. The lowest BCUT2D eigenvalue weighted by molar-refractivity contribution is 0.355. The quantitative estimate of drug-likeness (QED) is 0.865. The van der Waals surface area contributed by atoms with E-state index in [4.69, 9.17) is 11.6 Å². The fourth-order valence-corrected chi connectivity index (χ4v) is 2.42. The normalized spacial score (nSPS) is 17.3. The number of hydrogen-bond acceptors (Lipinski definition) is 2. The molecule has 1 aromatic rings. The van der Waals surface area contributed by atoms with Gasteiger partial charge < -0.3 is 10.6 Å². The van der Waals surface area contributed by atoms with Crippen molar-refractivity contribution in [1.29, 1.82) is 0 Å². The van der Waals surface area contributed by atoms with Gasteiger partial charge in [0.1, 0.15) is 5.82 Å². The molecule has 0 saturated carbocycles. The molecule has 0 bridgehead atoms. The van der Waals surface area contributed by atoms with Gasteiger partial charge in [-0.15, -0.1) is 0 Å². The average molecular weight is 257 g/mol. The van der Waals surface area contributed by atoms with Crippen molar-refractivity contribution >= 4 is 11.6 Å². The summed E-state index contributed by atoms with van der Waals surface area (Å²) in [5, 5.41) is 7.14. The highest BCUT2D eigenvalue weighted by atomic mass is 35.5. The van der Waals surface area contributed by atoms with Gasteiger partial charge in [0.05, 0.1) is 0 Å². The topological polar surface area (TPSA) is 24.1 Å². The molecule has 1 heterocycles. The van der Waals surface area contributed by atoms with E-state index in [9.17, 15) is 4.39 Å². The summed E-state index contributed by atoms with van der Waals surface area (Å²) in [4.78, 5) is 0. The summed E-state index contributed by atoms with van der Waals surface area (Å²) >= 11 is 5.96. The predicted octanol–water partition coefficient (Wildman–Crippen LogP) is 2.57. The molecular formula is C13H18ClFN2. The first-order valence-electron chi connectivity index (χ1n) is 6.11. The Hall–Kier alpha value is -0.640. The largest absolute Gasteiger partial charge is 0.317 e. The molecule has 2 nitrogen and oxygen atoms in total. The van der Waals surface area contributed by atoms with Gasteiger partial charge in [-0.25, -0.2) is 4.39 Å². The van der Waals surface area contributed by atoms with Gasteiger partial charge in [0.25, 0.3) is 0 Å². The lowest BCUT2D eigenvalue weighted by Crippen LogP contribution is -2.33. The van der Waals surface area contributed by atoms with E-state index in [1.807, 2.05) is 0 Å². The van der Waals surface area contributed by atoms with E-state index in [-0.39, 0.29) is 5.82 Å². The third-order valence-corrected chi connectivity index (χ3v) is 3.61. The van der Waals surface area contributed by atoms with Crippen LogP contribution in [0.15, 0.2) is 18.2 Å². The Labute approximate surface area is 107 Å². The van der Waals surface area contributed by atoms with Crippen LogP contribution in [0, 0.1) is 11.7 Å². The molecule has 0 aromatic heterocycles. The first-order chi connectivity index (χ1) is 8.27. The molecule has 1 aliphatic rings. The molecule has 0 aliphatic carbocycles. The third-order valence-electron chi connectivity index (χ3n) is 3.26. The number of benzene rings is 1. The highest BCUT2D eigenvalue weighted by Gasteiger charge is 2.13. The van der Waals surface area contributed by atoms with E-state index < -0.39 is 0 Å². The van der Waals surface area contributed by atoms with Crippen molar-refractivity contribution in [2.75, 3.05) is 19.6 Å². The maximum absolute atomic E-state index is 13.5. The Balaban J connectivity index is 1.81. The highest BCUT2D eigenvalue weighted by molar-refractivity contribution is 6.31. The van der Waals surface area contributed by atoms with Gasteiger partial charge in [-0.05, 0) is 50.5 Å². The number of nitrogens with one attached hydrogen (secondary N) is 2. The van der Waals surface area contributed by atoms with Crippen LogP contribution >= 0.6 is 11.6 Å². The Morgan fingerprint density at radius 1 is 1.35 bits per heavy atom. The maximum Gasteiger partial charge on any atom is 0.129 e. The molecule has 1 aromatic carbocycles. The number of piperidine rings is 1. The second kappa shape index (κ2) is 6.34. The van der Waals surface area contributed by atoms with Crippen molar-refractivity contribution in [2.45, 2.75) is 19.4 Å². The van der Waals surface area contributed by atoms with Crippen molar-refractivity contribution in [3.05, 3.63) is 34.6 Å². The molecular weight excluding hydrogens is 239 g/mol. The van der Waals surface area contributed by atoms with Crippen LogP contribution in [0.4, 0.5) is 4.39 Å². The molecule has 0 radical (unpaired) electrons. The van der Waals surface area contributed by atoms with E-state index in [0.717, 1.165) is 19.6 Å². The van der Waals surface area contributed by atoms with Crippen molar-refractivity contribution in [2.24, 2.45) is 5.92 Å². The zero-order chi connectivity index (χ0) is 12.1.